The molecule has 0 radical (unpaired) electrons. The van der Waals surface area contributed by atoms with Crippen LogP contribution in [0.5, 0.6) is 11.5 Å². The van der Waals surface area contributed by atoms with Gasteiger partial charge in [0.05, 0.1) is 13.2 Å². The fourth-order valence-electron chi connectivity index (χ4n) is 3.49. The molecule has 0 amide bonds. The quantitative estimate of drug-likeness (QED) is 0.131. The van der Waals surface area contributed by atoms with Gasteiger partial charge < -0.3 is 25.7 Å². The van der Waals surface area contributed by atoms with E-state index >= 15 is 0 Å². The standard InChI is InChI=1S/C32H32N2O3/c33-29-13-5-25(6-14-29)1-3-27-9-17-31(18-10-27)36-23-21-35-22-24-37-32-19-11-28(12-20-32)4-2-26-7-15-30(34)16-8-26/h1-20H,21-24,33-34H2/b3-1+,4-2+. The summed E-state index contributed by atoms with van der Waals surface area (Å²) in [5, 5.41) is 0. The fourth-order valence-corrected chi connectivity index (χ4v) is 3.49. The number of hydrogen-bond acceptors (Lipinski definition) is 5. The molecule has 0 fully saturated rings. The van der Waals surface area contributed by atoms with Crippen LogP contribution in [0, 0.1) is 0 Å². The van der Waals surface area contributed by atoms with Crippen molar-refractivity contribution in [1.29, 1.82) is 0 Å². The highest BCUT2D eigenvalue weighted by atomic mass is 16.5. The maximum absolute atomic E-state index is 5.76. The predicted molar refractivity (Wildman–Crippen MR) is 154 cm³/mol. The molecule has 5 heteroatoms. The summed E-state index contributed by atoms with van der Waals surface area (Å²) in [4.78, 5) is 0. The molecular formula is C32H32N2O3. The van der Waals surface area contributed by atoms with Gasteiger partial charge in [0.15, 0.2) is 0 Å². The van der Waals surface area contributed by atoms with E-state index in [-0.39, 0.29) is 0 Å². The Balaban J connectivity index is 1.09. The van der Waals surface area contributed by atoms with Gasteiger partial charge in [-0.25, -0.2) is 0 Å². The minimum atomic E-state index is 0.482. The fraction of sp³-hybridized carbons (Fsp3) is 0.125. The lowest BCUT2D eigenvalue weighted by Gasteiger charge is -2.09. The molecule has 0 unspecified atom stereocenters. The van der Waals surface area contributed by atoms with E-state index in [4.69, 9.17) is 25.7 Å². The third-order valence-corrected chi connectivity index (χ3v) is 5.56. The molecule has 0 bridgehead atoms. The van der Waals surface area contributed by atoms with Crippen LogP contribution < -0.4 is 20.9 Å². The molecule has 4 rings (SSSR count). The zero-order valence-corrected chi connectivity index (χ0v) is 20.8. The third-order valence-electron chi connectivity index (χ3n) is 5.56. The van der Waals surface area contributed by atoms with Gasteiger partial charge in [-0.2, -0.15) is 0 Å². The monoisotopic (exact) mass is 492 g/mol. The molecule has 0 saturated heterocycles. The van der Waals surface area contributed by atoms with Crippen LogP contribution in [0.1, 0.15) is 22.3 Å². The molecule has 0 aliphatic rings. The maximum atomic E-state index is 5.76. The van der Waals surface area contributed by atoms with E-state index in [0.29, 0.717) is 26.4 Å². The summed E-state index contributed by atoms with van der Waals surface area (Å²) in [5.41, 5.74) is 17.4. The SMILES string of the molecule is Nc1ccc(/C=C/c2ccc(OCCOCCOc3ccc(/C=C/c4ccc(N)cc4)cc3)cc2)cc1. The van der Waals surface area contributed by atoms with Crippen LogP contribution in [0.25, 0.3) is 24.3 Å². The van der Waals surface area contributed by atoms with Crippen molar-refractivity contribution >= 4 is 35.7 Å². The molecule has 4 aromatic rings. The number of hydrogen-bond donors (Lipinski definition) is 2. The van der Waals surface area contributed by atoms with Gasteiger partial charge in [-0.1, -0.05) is 72.8 Å². The summed E-state index contributed by atoms with van der Waals surface area (Å²) in [6, 6.07) is 31.5. The van der Waals surface area contributed by atoms with Crippen molar-refractivity contribution in [3.05, 3.63) is 119 Å². The number of rotatable bonds is 12. The second-order valence-corrected chi connectivity index (χ2v) is 8.45. The lowest BCUT2D eigenvalue weighted by molar-refractivity contribution is 0.0764. The Hall–Kier alpha value is -4.48. The molecule has 0 atom stereocenters. The molecule has 0 heterocycles. The highest BCUT2D eigenvalue weighted by Crippen LogP contribution is 2.17. The number of anilines is 2. The van der Waals surface area contributed by atoms with Crippen molar-refractivity contribution in [2.75, 3.05) is 37.9 Å². The van der Waals surface area contributed by atoms with Crippen LogP contribution in [0.15, 0.2) is 97.1 Å². The van der Waals surface area contributed by atoms with Crippen LogP contribution >= 0.6 is 0 Å². The van der Waals surface area contributed by atoms with Crippen LogP contribution in [0.2, 0.25) is 0 Å². The average molecular weight is 493 g/mol. The molecule has 4 aromatic carbocycles. The average Bonchev–Trinajstić information content (AvgIpc) is 2.93. The van der Waals surface area contributed by atoms with E-state index in [0.717, 1.165) is 45.1 Å². The van der Waals surface area contributed by atoms with E-state index in [1.807, 2.05) is 97.1 Å². The van der Waals surface area contributed by atoms with Gasteiger partial charge in [0.1, 0.15) is 24.7 Å². The molecule has 37 heavy (non-hydrogen) atoms. The normalized spacial score (nSPS) is 11.2. The van der Waals surface area contributed by atoms with Crippen molar-refractivity contribution in [2.45, 2.75) is 0 Å². The van der Waals surface area contributed by atoms with Crippen LogP contribution in [0.3, 0.4) is 0 Å². The maximum Gasteiger partial charge on any atom is 0.119 e. The molecule has 4 N–H and O–H groups in total. The summed E-state index contributed by atoms with van der Waals surface area (Å²) in [6.45, 7) is 1.96. The number of benzene rings is 4. The van der Waals surface area contributed by atoms with E-state index in [1.54, 1.807) is 0 Å². The first-order valence-corrected chi connectivity index (χ1v) is 12.2. The van der Waals surface area contributed by atoms with Crippen LogP contribution in [-0.2, 0) is 4.74 Å². The Labute approximate surface area is 218 Å². The van der Waals surface area contributed by atoms with Crippen molar-refractivity contribution < 1.29 is 14.2 Å². The highest BCUT2D eigenvalue weighted by molar-refractivity contribution is 5.71. The minimum absolute atomic E-state index is 0.482. The Morgan fingerprint density at radius 1 is 0.405 bits per heavy atom. The molecule has 0 aromatic heterocycles. The minimum Gasteiger partial charge on any atom is -0.491 e. The van der Waals surface area contributed by atoms with E-state index in [2.05, 4.69) is 24.3 Å². The molecule has 0 aliphatic carbocycles. The summed E-state index contributed by atoms with van der Waals surface area (Å²) in [7, 11) is 0. The zero-order chi connectivity index (χ0) is 25.7. The van der Waals surface area contributed by atoms with E-state index in [1.165, 1.54) is 0 Å². The molecule has 0 aliphatic heterocycles. The number of ether oxygens (including phenoxy) is 3. The molecular weight excluding hydrogens is 460 g/mol. The summed E-state index contributed by atoms with van der Waals surface area (Å²) in [6.07, 6.45) is 8.23. The van der Waals surface area contributed by atoms with Crippen molar-refractivity contribution in [3.63, 3.8) is 0 Å². The van der Waals surface area contributed by atoms with Crippen LogP contribution in [0.4, 0.5) is 11.4 Å². The van der Waals surface area contributed by atoms with Gasteiger partial charge in [0.25, 0.3) is 0 Å². The second-order valence-electron chi connectivity index (χ2n) is 8.45. The Morgan fingerprint density at radius 3 is 1.03 bits per heavy atom. The highest BCUT2D eigenvalue weighted by Gasteiger charge is 1.97. The van der Waals surface area contributed by atoms with Gasteiger partial charge in [-0.05, 0) is 70.8 Å². The first kappa shape index (κ1) is 25.6. The van der Waals surface area contributed by atoms with Gasteiger partial charge >= 0.3 is 0 Å². The van der Waals surface area contributed by atoms with Crippen molar-refractivity contribution in [2.24, 2.45) is 0 Å². The van der Waals surface area contributed by atoms with Crippen molar-refractivity contribution in [1.82, 2.24) is 0 Å². The predicted octanol–water partition coefficient (Wildman–Crippen LogP) is 6.67. The third kappa shape index (κ3) is 8.91. The first-order chi connectivity index (χ1) is 18.1. The molecule has 0 saturated carbocycles. The summed E-state index contributed by atoms with van der Waals surface area (Å²) in [5.74, 6) is 1.63. The smallest absolute Gasteiger partial charge is 0.119 e. The second kappa shape index (κ2) is 13.6. The van der Waals surface area contributed by atoms with Crippen LogP contribution in [-0.4, -0.2) is 26.4 Å². The van der Waals surface area contributed by atoms with Gasteiger partial charge in [-0.3, -0.25) is 0 Å². The summed E-state index contributed by atoms with van der Waals surface area (Å²) >= 11 is 0. The zero-order valence-electron chi connectivity index (χ0n) is 20.8. The molecule has 0 spiro atoms. The number of nitrogen functional groups attached to an aromatic ring is 2. The largest absolute Gasteiger partial charge is 0.491 e. The van der Waals surface area contributed by atoms with E-state index < -0.39 is 0 Å². The molecule has 188 valence electrons. The first-order valence-electron chi connectivity index (χ1n) is 12.2. The van der Waals surface area contributed by atoms with E-state index in [9.17, 15) is 0 Å². The lowest BCUT2D eigenvalue weighted by Crippen LogP contribution is -2.12. The summed E-state index contributed by atoms with van der Waals surface area (Å²) < 4.78 is 17.1. The Bertz CT molecular complexity index is 1180. The van der Waals surface area contributed by atoms with Gasteiger partial charge in [-0.15, -0.1) is 0 Å². The lowest BCUT2D eigenvalue weighted by atomic mass is 10.1. The molecule has 5 nitrogen and oxygen atoms in total. The Morgan fingerprint density at radius 2 is 0.703 bits per heavy atom. The van der Waals surface area contributed by atoms with Gasteiger partial charge in [0.2, 0.25) is 0 Å². The van der Waals surface area contributed by atoms with Crippen molar-refractivity contribution in [3.8, 4) is 11.5 Å². The van der Waals surface area contributed by atoms with Gasteiger partial charge in [0, 0.05) is 11.4 Å². The Kier molecular flexibility index (Phi) is 9.39. The topological polar surface area (TPSA) is 79.7 Å². The number of nitrogens with two attached hydrogens (primary N) is 2.